The summed E-state index contributed by atoms with van der Waals surface area (Å²) in [6.45, 7) is 5.85. The number of aromatic nitrogens is 1. The first-order valence-electron chi connectivity index (χ1n) is 8.27. The Bertz CT molecular complexity index is 706. The Morgan fingerprint density at radius 2 is 2.00 bits per heavy atom. The summed E-state index contributed by atoms with van der Waals surface area (Å²) in [5.74, 6) is 0. The Labute approximate surface area is 160 Å². The number of pyridine rings is 1. The molecule has 1 aromatic heterocycles. The molecule has 0 unspecified atom stereocenters. The monoisotopic (exact) mass is 376 g/mol. The van der Waals surface area contributed by atoms with Crippen molar-refractivity contribution < 1.29 is 0 Å². The van der Waals surface area contributed by atoms with Crippen molar-refractivity contribution in [3.8, 4) is 0 Å². The maximum atomic E-state index is 6.23. The van der Waals surface area contributed by atoms with Crippen LogP contribution >= 0.6 is 23.8 Å². The first-order chi connectivity index (χ1) is 11.9. The van der Waals surface area contributed by atoms with Gasteiger partial charge in [-0.3, -0.25) is 4.98 Å². The summed E-state index contributed by atoms with van der Waals surface area (Å²) >= 11 is 11.9. The minimum atomic E-state index is 0.119. The Hall–Kier alpha value is -1.69. The topological polar surface area (TPSA) is 31.4 Å². The van der Waals surface area contributed by atoms with Crippen molar-refractivity contribution in [3.05, 3.63) is 58.9 Å². The second kappa shape index (κ2) is 9.13. The summed E-state index contributed by atoms with van der Waals surface area (Å²) < 4.78 is 0. The highest BCUT2D eigenvalue weighted by atomic mass is 35.5. The average molecular weight is 377 g/mol. The molecule has 134 valence electrons. The van der Waals surface area contributed by atoms with Crippen molar-refractivity contribution in [1.29, 1.82) is 0 Å². The molecule has 1 atom stereocenters. The van der Waals surface area contributed by atoms with Gasteiger partial charge in [-0.15, -0.1) is 0 Å². The molecule has 0 aliphatic heterocycles. The van der Waals surface area contributed by atoms with Gasteiger partial charge in [0, 0.05) is 36.2 Å². The maximum Gasteiger partial charge on any atom is 0.173 e. The lowest BCUT2D eigenvalue weighted by molar-refractivity contribution is 0.289. The summed E-state index contributed by atoms with van der Waals surface area (Å²) in [5.41, 5.74) is 3.06. The van der Waals surface area contributed by atoms with Crippen molar-refractivity contribution >= 4 is 34.6 Å². The molecule has 0 amide bonds. The molecule has 0 saturated carbocycles. The molecule has 1 heterocycles. The molecule has 2 aromatic rings. The van der Waals surface area contributed by atoms with Crippen molar-refractivity contribution in [2.45, 2.75) is 19.9 Å². The third-order valence-electron chi connectivity index (χ3n) is 4.19. The Balaban J connectivity index is 2.21. The summed E-state index contributed by atoms with van der Waals surface area (Å²) in [6, 6.07) is 9.95. The van der Waals surface area contributed by atoms with Crippen LogP contribution in [0.15, 0.2) is 42.7 Å². The minimum absolute atomic E-state index is 0.119. The smallest absolute Gasteiger partial charge is 0.173 e. The van der Waals surface area contributed by atoms with Crippen molar-refractivity contribution in [2.75, 3.05) is 32.5 Å². The zero-order valence-corrected chi connectivity index (χ0v) is 16.7. The van der Waals surface area contributed by atoms with Crippen LogP contribution in [0.2, 0.25) is 5.02 Å². The highest BCUT2D eigenvalue weighted by Crippen LogP contribution is 2.25. The molecule has 0 aliphatic rings. The summed E-state index contributed by atoms with van der Waals surface area (Å²) in [5, 5.41) is 4.77. The van der Waals surface area contributed by atoms with Gasteiger partial charge in [-0.1, -0.05) is 23.7 Å². The zero-order valence-electron chi connectivity index (χ0n) is 15.2. The lowest BCUT2D eigenvalue weighted by atomic mass is 10.1. The summed E-state index contributed by atoms with van der Waals surface area (Å²) in [6.07, 6.45) is 3.67. The van der Waals surface area contributed by atoms with E-state index in [0.717, 1.165) is 34.9 Å². The van der Waals surface area contributed by atoms with E-state index in [9.17, 15) is 0 Å². The molecule has 0 bridgehead atoms. The van der Waals surface area contributed by atoms with Gasteiger partial charge in [-0.05, 0) is 69.5 Å². The van der Waals surface area contributed by atoms with E-state index in [1.807, 2.05) is 37.4 Å². The van der Waals surface area contributed by atoms with Crippen LogP contribution < -0.4 is 5.32 Å². The molecule has 0 radical (unpaired) electrons. The zero-order chi connectivity index (χ0) is 18.4. The average Bonchev–Trinajstić information content (AvgIpc) is 2.59. The first kappa shape index (κ1) is 19.6. The molecule has 1 aromatic carbocycles. The van der Waals surface area contributed by atoms with E-state index in [0.29, 0.717) is 5.11 Å². The number of benzene rings is 1. The number of hydrogen-bond donors (Lipinski definition) is 1. The van der Waals surface area contributed by atoms with Crippen molar-refractivity contribution in [1.82, 2.24) is 14.8 Å². The Morgan fingerprint density at radius 3 is 2.64 bits per heavy atom. The molecule has 4 nitrogen and oxygen atoms in total. The third-order valence-corrected chi connectivity index (χ3v) is 4.94. The highest BCUT2D eigenvalue weighted by molar-refractivity contribution is 7.80. The summed E-state index contributed by atoms with van der Waals surface area (Å²) in [4.78, 5) is 8.57. The van der Waals surface area contributed by atoms with Crippen LogP contribution in [0.4, 0.5) is 5.69 Å². The van der Waals surface area contributed by atoms with Gasteiger partial charge in [0.15, 0.2) is 5.11 Å². The van der Waals surface area contributed by atoms with E-state index < -0.39 is 0 Å². The number of halogens is 1. The molecule has 25 heavy (non-hydrogen) atoms. The van der Waals surface area contributed by atoms with Gasteiger partial charge < -0.3 is 15.1 Å². The Morgan fingerprint density at radius 1 is 1.24 bits per heavy atom. The van der Waals surface area contributed by atoms with Crippen LogP contribution in [0, 0.1) is 6.92 Å². The van der Waals surface area contributed by atoms with Crippen LogP contribution in [0.5, 0.6) is 0 Å². The van der Waals surface area contributed by atoms with E-state index in [1.165, 1.54) is 0 Å². The lowest BCUT2D eigenvalue weighted by Crippen LogP contribution is -2.41. The van der Waals surface area contributed by atoms with E-state index >= 15 is 0 Å². The number of nitrogens with zero attached hydrogens (tertiary/aromatic N) is 3. The van der Waals surface area contributed by atoms with Gasteiger partial charge in [0.1, 0.15) is 0 Å². The fraction of sp³-hybridized carbons (Fsp3) is 0.368. The van der Waals surface area contributed by atoms with Crippen molar-refractivity contribution in [2.24, 2.45) is 0 Å². The van der Waals surface area contributed by atoms with Crippen LogP contribution in [0.3, 0.4) is 0 Å². The quantitative estimate of drug-likeness (QED) is 0.757. The maximum absolute atomic E-state index is 6.23. The largest absolute Gasteiger partial charge is 0.341 e. The van der Waals surface area contributed by atoms with Crippen LogP contribution in [-0.2, 0) is 0 Å². The van der Waals surface area contributed by atoms with E-state index in [-0.39, 0.29) is 6.04 Å². The lowest BCUT2D eigenvalue weighted by Gasteiger charge is -2.33. The van der Waals surface area contributed by atoms with Gasteiger partial charge in [0.2, 0.25) is 0 Å². The van der Waals surface area contributed by atoms with Gasteiger partial charge in [-0.25, -0.2) is 0 Å². The fourth-order valence-corrected chi connectivity index (χ4v) is 3.05. The number of nitrogens with one attached hydrogen (secondary N) is 1. The normalized spacial score (nSPS) is 12.1. The molecule has 6 heteroatoms. The second-order valence-corrected chi connectivity index (χ2v) is 7.10. The van der Waals surface area contributed by atoms with Gasteiger partial charge in [-0.2, -0.15) is 0 Å². The molecule has 0 fully saturated rings. The third kappa shape index (κ3) is 5.39. The second-order valence-electron chi connectivity index (χ2n) is 6.30. The number of anilines is 1. The predicted octanol–water partition coefficient (Wildman–Crippen LogP) is 4.37. The minimum Gasteiger partial charge on any atom is -0.341 e. The predicted molar refractivity (Wildman–Crippen MR) is 110 cm³/mol. The summed E-state index contributed by atoms with van der Waals surface area (Å²) in [7, 11) is 4.12. The van der Waals surface area contributed by atoms with Crippen LogP contribution in [-0.4, -0.2) is 47.1 Å². The highest BCUT2D eigenvalue weighted by Gasteiger charge is 2.19. The van der Waals surface area contributed by atoms with E-state index in [1.54, 1.807) is 6.20 Å². The molecular weight excluding hydrogens is 352 g/mol. The van der Waals surface area contributed by atoms with Gasteiger partial charge >= 0.3 is 0 Å². The van der Waals surface area contributed by atoms with Crippen LogP contribution in [0.25, 0.3) is 0 Å². The number of rotatable bonds is 6. The SMILES string of the molecule is Cc1c(Cl)cccc1NC(=S)N(CCN(C)C)[C@@H](C)c1cccnc1. The fourth-order valence-electron chi connectivity index (χ4n) is 2.51. The Kier molecular flexibility index (Phi) is 7.17. The molecular formula is C19H25ClN4S. The standard InChI is InChI=1S/C19H25ClN4S/c1-14-17(20)8-5-9-18(14)22-19(25)24(12-11-23(3)4)15(2)16-7-6-10-21-13-16/h5-10,13,15H,11-12H2,1-4H3,(H,22,25)/t15-/m0/s1. The molecule has 0 aliphatic carbocycles. The van der Waals surface area contributed by atoms with E-state index in [4.69, 9.17) is 23.8 Å². The van der Waals surface area contributed by atoms with E-state index in [2.05, 4.69) is 47.2 Å². The first-order valence-corrected chi connectivity index (χ1v) is 9.06. The van der Waals surface area contributed by atoms with Gasteiger partial charge in [0.25, 0.3) is 0 Å². The molecule has 0 saturated heterocycles. The number of hydrogen-bond acceptors (Lipinski definition) is 3. The van der Waals surface area contributed by atoms with Crippen LogP contribution in [0.1, 0.15) is 24.1 Å². The molecule has 2 rings (SSSR count). The number of thiocarbonyl (C=S) groups is 1. The van der Waals surface area contributed by atoms with Gasteiger partial charge in [0.05, 0.1) is 6.04 Å². The van der Waals surface area contributed by atoms with Crippen molar-refractivity contribution in [3.63, 3.8) is 0 Å². The molecule has 1 N–H and O–H groups in total. The number of likely N-dealkylation sites (N-methyl/N-ethyl adjacent to an activating group) is 1. The molecule has 0 spiro atoms.